The fourth-order valence-corrected chi connectivity index (χ4v) is 1.71. The van der Waals surface area contributed by atoms with E-state index in [2.05, 4.69) is 27.2 Å². The summed E-state index contributed by atoms with van der Waals surface area (Å²) in [7, 11) is 0. The summed E-state index contributed by atoms with van der Waals surface area (Å²) in [4.78, 5) is 0. The normalized spacial score (nSPS) is 9.67. The molecule has 0 unspecified atom stereocenters. The molecular formula is C11H11BrClNO. The minimum absolute atomic E-state index is 0.545. The summed E-state index contributed by atoms with van der Waals surface area (Å²) in [5.74, 6) is 3.17. The monoisotopic (exact) mass is 287 g/mol. The number of hydrogen-bond acceptors (Lipinski definition) is 2. The molecule has 0 aliphatic carbocycles. The highest BCUT2D eigenvalue weighted by Gasteiger charge is 2.00. The molecule has 0 aromatic heterocycles. The molecule has 1 aromatic carbocycles. The maximum Gasteiger partial charge on any atom is 0.138 e. The van der Waals surface area contributed by atoms with Gasteiger partial charge in [-0.25, -0.2) is 0 Å². The molecule has 0 aliphatic rings. The minimum atomic E-state index is 0.545. The summed E-state index contributed by atoms with van der Waals surface area (Å²) in [5.41, 5.74) is 0. The van der Waals surface area contributed by atoms with Gasteiger partial charge in [0.15, 0.2) is 0 Å². The fraction of sp³-hybridized carbons (Fsp3) is 0.273. The van der Waals surface area contributed by atoms with Gasteiger partial charge in [-0.2, -0.15) is 0 Å². The standard InChI is InChI=1S/C11H11BrClNO/c1-2-5-14-6-7-15-11-4-3-9(12)8-10(11)13/h1,3-4,8,14H,5-7H2. The van der Waals surface area contributed by atoms with Crippen molar-refractivity contribution in [2.75, 3.05) is 19.7 Å². The van der Waals surface area contributed by atoms with E-state index in [9.17, 15) is 0 Å². The molecule has 0 aliphatic heterocycles. The van der Waals surface area contributed by atoms with Gasteiger partial charge in [-0.05, 0) is 18.2 Å². The Morgan fingerprint density at radius 1 is 1.53 bits per heavy atom. The molecule has 0 atom stereocenters. The molecule has 0 radical (unpaired) electrons. The zero-order valence-electron chi connectivity index (χ0n) is 8.09. The molecule has 0 fully saturated rings. The minimum Gasteiger partial charge on any atom is -0.491 e. The summed E-state index contributed by atoms with van der Waals surface area (Å²) in [6.45, 7) is 1.80. The second-order valence-corrected chi connectivity index (χ2v) is 4.13. The Morgan fingerprint density at radius 2 is 2.33 bits per heavy atom. The summed E-state index contributed by atoms with van der Waals surface area (Å²) < 4.78 is 6.39. The zero-order valence-corrected chi connectivity index (χ0v) is 10.4. The fourth-order valence-electron chi connectivity index (χ4n) is 0.986. The Hall–Kier alpha value is -0.690. The lowest BCUT2D eigenvalue weighted by atomic mass is 10.3. The molecule has 0 saturated carbocycles. The SMILES string of the molecule is C#CCNCCOc1ccc(Br)cc1Cl. The number of rotatable bonds is 5. The number of nitrogens with one attached hydrogen (secondary N) is 1. The molecule has 0 saturated heterocycles. The Bertz CT molecular complexity index is 362. The quantitative estimate of drug-likeness (QED) is 0.664. The lowest BCUT2D eigenvalue weighted by molar-refractivity contribution is 0.317. The van der Waals surface area contributed by atoms with Crippen molar-refractivity contribution in [1.82, 2.24) is 5.32 Å². The molecule has 1 N–H and O–H groups in total. The first-order valence-electron chi connectivity index (χ1n) is 4.46. The van der Waals surface area contributed by atoms with E-state index >= 15 is 0 Å². The van der Waals surface area contributed by atoms with Crippen LogP contribution >= 0.6 is 27.5 Å². The maximum atomic E-state index is 5.96. The first kappa shape index (κ1) is 12.4. The van der Waals surface area contributed by atoms with Crippen molar-refractivity contribution in [3.63, 3.8) is 0 Å². The molecule has 1 aromatic rings. The summed E-state index contributed by atoms with van der Waals surface area (Å²) in [6.07, 6.45) is 5.08. The van der Waals surface area contributed by atoms with E-state index in [0.29, 0.717) is 30.5 Å². The second-order valence-electron chi connectivity index (χ2n) is 2.80. The average Bonchev–Trinajstić information content (AvgIpc) is 2.20. The van der Waals surface area contributed by atoms with E-state index in [1.807, 2.05) is 12.1 Å². The van der Waals surface area contributed by atoms with Crippen molar-refractivity contribution in [2.24, 2.45) is 0 Å². The summed E-state index contributed by atoms with van der Waals surface area (Å²) >= 11 is 9.29. The Labute approximate surface area is 103 Å². The van der Waals surface area contributed by atoms with Gasteiger partial charge in [0.1, 0.15) is 12.4 Å². The first-order chi connectivity index (χ1) is 7.24. The van der Waals surface area contributed by atoms with Gasteiger partial charge in [0.25, 0.3) is 0 Å². The van der Waals surface area contributed by atoms with Gasteiger partial charge in [-0.15, -0.1) is 6.42 Å². The van der Waals surface area contributed by atoms with Crippen LogP contribution in [0.4, 0.5) is 0 Å². The molecule has 4 heteroatoms. The van der Waals surface area contributed by atoms with E-state index in [4.69, 9.17) is 22.8 Å². The molecule has 80 valence electrons. The van der Waals surface area contributed by atoms with Gasteiger partial charge in [-0.1, -0.05) is 33.5 Å². The van der Waals surface area contributed by atoms with Crippen molar-refractivity contribution in [2.45, 2.75) is 0 Å². The molecule has 15 heavy (non-hydrogen) atoms. The van der Waals surface area contributed by atoms with Gasteiger partial charge >= 0.3 is 0 Å². The lowest BCUT2D eigenvalue weighted by Gasteiger charge is -2.07. The predicted molar refractivity (Wildman–Crippen MR) is 66.3 cm³/mol. The third-order valence-corrected chi connectivity index (χ3v) is 2.45. The lowest BCUT2D eigenvalue weighted by Crippen LogP contribution is -2.21. The number of ether oxygens (including phenoxy) is 1. The van der Waals surface area contributed by atoms with Crippen LogP contribution in [-0.2, 0) is 0 Å². The Balaban J connectivity index is 2.35. The van der Waals surface area contributed by atoms with Gasteiger partial charge in [0.2, 0.25) is 0 Å². The number of hydrogen-bond donors (Lipinski definition) is 1. The Morgan fingerprint density at radius 3 is 3.00 bits per heavy atom. The van der Waals surface area contributed by atoms with Crippen molar-refractivity contribution < 1.29 is 4.74 Å². The topological polar surface area (TPSA) is 21.3 Å². The van der Waals surface area contributed by atoms with Crippen LogP contribution in [-0.4, -0.2) is 19.7 Å². The zero-order chi connectivity index (χ0) is 11.1. The van der Waals surface area contributed by atoms with Gasteiger partial charge in [-0.3, -0.25) is 0 Å². The van der Waals surface area contributed by atoms with Crippen LogP contribution in [0, 0.1) is 12.3 Å². The van der Waals surface area contributed by atoms with Crippen molar-refractivity contribution >= 4 is 27.5 Å². The van der Waals surface area contributed by atoms with Crippen LogP contribution < -0.4 is 10.1 Å². The van der Waals surface area contributed by atoms with Crippen LogP contribution in [0.15, 0.2) is 22.7 Å². The molecular weight excluding hydrogens is 277 g/mol. The van der Waals surface area contributed by atoms with E-state index in [0.717, 1.165) is 4.47 Å². The number of halogens is 2. The molecule has 0 spiro atoms. The third-order valence-electron chi connectivity index (χ3n) is 1.66. The van der Waals surface area contributed by atoms with Crippen molar-refractivity contribution in [1.29, 1.82) is 0 Å². The molecule has 1 rings (SSSR count). The van der Waals surface area contributed by atoms with Crippen LogP contribution in [0.3, 0.4) is 0 Å². The van der Waals surface area contributed by atoms with E-state index in [-0.39, 0.29) is 0 Å². The van der Waals surface area contributed by atoms with E-state index in [1.54, 1.807) is 6.07 Å². The van der Waals surface area contributed by atoms with Crippen LogP contribution in [0.1, 0.15) is 0 Å². The van der Waals surface area contributed by atoms with E-state index in [1.165, 1.54) is 0 Å². The largest absolute Gasteiger partial charge is 0.491 e. The second kappa shape index (κ2) is 6.73. The number of benzene rings is 1. The van der Waals surface area contributed by atoms with Crippen molar-refractivity contribution in [3.05, 3.63) is 27.7 Å². The summed E-state index contributed by atoms with van der Waals surface area (Å²) in [6, 6.07) is 5.51. The molecule has 0 bridgehead atoms. The molecule has 0 heterocycles. The first-order valence-corrected chi connectivity index (χ1v) is 5.63. The van der Waals surface area contributed by atoms with Crippen LogP contribution in [0.5, 0.6) is 5.75 Å². The highest BCUT2D eigenvalue weighted by molar-refractivity contribution is 9.10. The third kappa shape index (κ3) is 4.57. The van der Waals surface area contributed by atoms with Crippen LogP contribution in [0.25, 0.3) is 0 Å². The van der Waals surface area contributed by atoms with Gasteiger partial charge in [0.05, 0.1) is 11.6 Å². The van der Waals surface area contributed by atoms with Gasteiger partial charge in [0, 0.05) is 11.0 Å². The number of terminal acetylenes is 1. The highest BCUT2D eigenvalue weighted by atomic mass is 79.9. The van der Waals surface area contributed by atoms with Crippen molar-refractivity contribution in [3.8, 4) is 18.1 Å². The van der Waals surface area contributed by atoms with Gasteiger partial charge < -0.3 is 10.1 Å². The predicted octanol–water partition coefficient (Wildman–Crippen LogP) is 2.70. The maximum absolute atomic E-state index is 5.96. The Kier molecular flexibility index (Phi) is 5.56. The van der Waals surface area contributed by atoms with E-state index < -0.39 is 0 Å². The molecule has 0 amide bonds. The highest BCUT2D eigenvalue weighted by Crippen LogP contribution is 2.27. The smallest absolute Gasteiger partial charge is 0.138 e. The average molecular weight is 289 g/mol. The molecule has 2 nitrogen and oxygen atoms in total. The summed E-state index contributed by atoms with van der Waals surface area (Å²) in [5, 5.41) is 3.62. The van der Waals surface area contributed by atoms with Crippen LogP contribution in [0.2, 0.25) is 5.02 Å².